The highest BCUT2D eigenvalue weighted by atomic mass is 32.2. The number of nitriles is 1. The van der Waals surface area contributed by atoms with E-state index in [1.165, 1.54) is 11.8 Å². The van der Waals surface area contributed by atoms with E-state index in [1.807, 2.05) is 10.8 Å². The molecule has 0 radical (unpaired) electrons. The van der Waals surface area contributed by atoms with Crippen molar-refractivity contribution in [3.8, 4) is 5.40 Å². The van der Waals surface area contributed by atoms with Crippen molar-refractivity contribution in [3.05, 3.63) is 11.6 Å². The fourth-order valence-electron chi connectivity index (χ4n) is 0.388. The van der Waals surface area contributed by atoms with E-state index in [0.29, 0.717) is 0 Å². The largest absolute Gasteiger partial charge is 0.238 e. The third-order valence-corrected chi connectivity index (χ3v) is 3.35. The first-order chi connectivity index (χ1) is 4.93. The van der Waals surface area contributed by atoms with Gasteiger partial charge in [-0.15, -0.1) is 11.3 Å². The molecule has 0 aliphatic heterocycles. The summed E-state index contributed by atoms with van der Waals surface area (Å²) in [5, 5.41) is 12.9. The van der Waals surface area contributed by atoms with Crippen molar-refractivity contribution in [1.29, 1.82) is 5.26 Å². The van der Waals surface area contributed by atoms with E-state index >= 15 is 0 Å². The molecule has 1 aromatic heterocycles. The van der Waals surface area contributed by atoms with E-state index in [-0.39, 0.29) is 0 Å². The van der Waals surface area contributed by atoms with Crippen molar-refractivity contribution in [2.24, 2.45) is 0 Å². The van der Waals surface area contributed by atoms with E-state index in [2.05, 4.69) is 4.98 Å². The molecule has 0 N–H and O–H groups in total. The van der Waals surface area contributed by atoms with Crippen LogP contribution < -0.4 is 0 Å². The minimum Gasteiger partial charge on any atom is -0.238 e. The Morgan fingerprint density at radius 2 is 2.70 bits per heavy atom. The second-order valence-corrected chi connectivity index (χ2v) is 4.54. The van der Waals surface area contributed by atoms with Crippen molar-refractivity contribution < 1.29 is 0 Å². The predicted molar refractivity (Wildman–Crippen MR) is 46.0 cm³/mol. The molecule has 52 valence electrons. The molecule has 0 fully saturated rings. The molecular formula is C5H4N2S3. The molecule has 1 heterocycles. The van der Waals surface area contributed by atoms with E-state index in [0.717, 1.165) is 9.42 Å². The first-order valence-corrected chi connectivity index (χ1v) is 5.32. The van der Waals surface area contributed by atoms with Gasteiger partial charge in [0.25, 0.3) is 0 Å². The number of aromatic nitrogens is 1. The normalized spacial score (nSPS) is 9.10. The lowest BCUT2D eigenvalue weighted by Crippen LogP contribution is -1.66. The summed E-state index contributed by atoms with van der Waals surface area (Å²) in [7, 11) is 0. The van der Waals surface area contributed by atoms with Crippen LogP contribution >= 0.6 is 34.9 Å². The summed E-state index contributed by atoms with van der Waals surface area (Å²) in [6.07, 6.45) is 1.77. The Hall–Kier alpha value is -0.180. The Bertz CT molecular complexity index is 213. The molecule has 0 aliphatic carbocycles. The van der Waals surface area contributed by atoms with Gasteiger partial charge in [0.1, 0.15) is 5.40 Å². The van der Waals surface area contributed by atoms with Gasteiger partial charge in [-0.25, -0.2) is 4.98 Å². The van der Waals surface area contributed by atoms with Crippen molar-refractivity contribution >= 4 is 34.9 Å². The summed E-state index contributed by atoms with van der Waals surface area (Å²) in [6.45, 7) is 0. The number of rotatable bonds is 3. The maximum absolute atomic E-state index is 8.18. The van der Waals surface area contributed by atoms with E-state index in [1.54, 1.807) is 29.3 Å². The standard InChI is InChI=1S/C5H4N2S3/c6-3-8-4-10-5-7-1-2-9-5/h1-2H,4H2. The number of thiazole rings is 1. The quantitative estimate of drug-likeness (QED) is 0.316. The molecule has 1 rings (SSSR count). The van der Waals surface area contributed by atoms with Gasteiger partial charge in [0.05, 0.1) is 5.08 Å². The second kappa shape index (κ2) is 4.61. The summed E-state index contributed by atoms with van der Waals surface area (Å²) in [6, 6.07) is 0. The van der Waals surface area contributed by atoms with Crippen LogP contribution in [0.3, 0.4) is 0 Å². The second-order valence-electron chi connectivity index (χ2n) is 1.30. The molecule has 0 saturated carbocycles. The summed E-state index contributed by atoms with van der Waals surface area (Å²) >= 11 is 4.44. The Morgan fingerprint density at radius 3 is 3.30 bits per heavy atom. The smallest absolute Gasteiger partial charge is 0.150 e. The van der Waals surface area contributed by atoms with Crippen LogP contribution in [-0.4, -0.2) is 10.1 Å². The van der Waals surface area contributed by atoms with Crippen LogP contribution in [0.2, 0.25) is 0 Å². The lowest BCUT2D eigenvalue weighted by Gasteiger charge is -1.87. The maximum Gasteiger partial charge on any atom is 0.150 e. The van der Waals surface area contributed by atoms with Gasteiger partial charge < -0.3 is 0 Å². The highest BCUT2D eigenvalue weighted by Crippen LogP contribution is 2.23. The molecule has 0 saturated heterocycles. The first kappa shape index (κ1) is 7.92. The van der Waals surface area contributed by atoms with Gasteiger partial charge in [0.15, 0.2) is 4.34 Å². The maximum atomic E-state index is 8.18. The molecule has 0 bridgehead atoms. The van der Waals surface area contributed by atoms with Crippen LogP contribution in [0.5, 0.6) is 0 Å². The van der Waals surface area contributed by atoms with Gasteiger partial charge in [-0.05, 0) is 11.8 Å². The van der Waals surface area contributed by atoms with Gasteiger partial charge in [0, 0.05) is 11.6 Å². The number of thiocyanates is 1. The molecular weight excluding hydrogens is 184 g/mol. The third kappa shape index (κ3) is 2.60. The minimum absolute atomic E-state index is 0.768. The Balaban J connectivity index is 2.23. The van der Waals surface area contributed by atoms with Crippen LogP contribution in [0.1, 0.15) is 0 Å². The van der Waals surface area contributed by atoms with Crippen LogP contribution in [-0.2, 0) is 0 Å². The van der Waals surface area contributed by atoms with Crippen molar-refractivity contribution in [1.82, 2.24) is 4.98 Å². The van der Waals surface area contributed by atoms with Crippen LogP contribution in [0.25, 0.3) is 0 Å². The average Bonchev–Trinajstić information content (AvgIpc) is 2.41. The zero-order valence-electron chi connectivity index (χ0n) is 4.98. The summed E-state index contributed by atoms with van der Waals surface area (Å²) in [4.78, 5) is 4.05. The molecule has 0 spiro atoms. The fraction of sp³-hybridized carbons (Fsp3) is 0.200. The molecule has 1 aromatic rings. The fourth-order valence-corrected chi connectivity index (χ4v) is 2.60. The molecule has 0 atom stereocenters. The van der Waals surface area contributed by atoms with Crippen molar-refractivity contribution in [2.45, 2.75) is 4.34 Å². The number of hydrogen-bond acceptors (Lipinski definition) is 5. The van der Waals surface area contributed by atoms with Gasteiger partial charge in [-0.2, -0.15) is 5.26 Å². The topological polar surface area (TPSA) is 36.7 Å². The molecule has 0 aromatic carbocycles. The molecule has 2 nitrogen and oxygen atoms in total. The number of hydrogen-bond donors (Lipinski definition) is 0. The zero-order chi connectivity index (χ0) is 7.23. The minimum atomic E-state index is 0.768. The van der Waals surface area contributed by atoms with Gasteiger partial charge >= 0.3 is 0 Å². The van der Waals surface area contributed by atoms with Crippen molar-refractivity contribution in [2.75, 3.05) is 5.08 Å². The zero-order valence-corrected chi connectivity index (χ0v) is 7.43. The SMILES string of the molecule is N#CSCSc1nccs1. The van der Waals surface area contributed by atoms with Gasteiger partial charge in [-0.3, -0.25) is 0 Å². The highest BCUT2D eigenvalue weighted by Gasteiger charge is 1.93. The van der Waals surface area contributed by atoms with E-state index in [4.69, 9.17) is 5.26 Å². The summed E-state index contributed by atoms with van der Waals surface area (Å²) < 4.78 is 1.03. The van der Waals surface area contributed by atoms with Crippen LogP contribution in [0.15, 0.2) is 15.9 Å². The lowest BCUT2D eigenvalue weighted by atomic mass is 11.0. The van der Waals surface area contributed by atoms with E-state index in [9.17, 15) is 0 Å². The Morgan fingerprint density at radius 1 is 1.80 bits per heavy atom. The Labute approximate surface area is 71.7 Å². The van der Waals surface area contributed by atoms with Crippen LogP contribution in [0, 0.1) is 10.7 Å². The summed E-state index contributed by atoms with van der Waals surface area (Å²) in [5.74, 6) is 0. The van der Waals surface area contributed by atoms with E-state index < -0.39 is 0 Å². The number of nitrogens with zero attached hydrogens (tertiary/aromatic N) is 2. The molecule has 0 amide bonds. The summed E-state index contributed by atoms with van der Waals surface area (Å²) in [5.41, 5.74) is 0. The highest BCUT2D eigenvalue weighted by molar-refractivity contribution is 8.18. The van der Waals surface area contributed by atoms with Gasteiger partial charge in [0.2, 0.25) is 0 Å². The Kier molecular flexibility index (Phi) is 3.65. The first-order valence-electron chi connectivity index (χ1n) is 2.46. The van der Waals surface area contributed by atoms with Gasteiger partial charge in [-0.1, -0.05) is 11.8 Å². The third-order valence-electron chi connectivity index (χ3n) is 0.716. The molecule has 5 heteroatoms. The average molecular weight is 188 g/mol. The predicted octanol–water partition coefficient (Wildman–Crippen LogP) is 2.41. The van der Waals surface area contributed by atoms with Crippen molar-refractivity contribution in [3.63, 3.8) is 0 Å². The molecule has 0 aliphatic rings. The molecule has 0 unspecified atom stereocenters. The number of thioether (sulfide) groups is 2. The lowest BCUT2D eigenvalue weighted by molar-refractivity contribution is 1.26. The monoisotopic (exact) mass is 188 g/mol. The molecule has 10 heavy (non-hydrogen) atoms. The van der Waals surface area contributed by atoms with Crippen LogP contribution in [0.4, 0.5) is 0 Å².